The zero-order valence-corrected chi connectivity index (χ0v) is 10.8. The van der Waals surface area contributed by atoms with Crippen LogP contribution in [0.1, 0.15) is 37.7 Å². The average molecular weight is 250 g/mol. The van der Waals surface area contributed by atoms with Gasteiger partial charge in [0.1, 0.15) is 0 Å². The Bertz CT molecular complexity index is 328. The van der Waals surface area contributed by atoms with Gasteiger partial charge in [-0.1, -0.05) is 12.8 Å². The van der Waals surface area contributed by atoms with Crippen LogP contribution in [0, 0.1) is 0 Å². The summed E-state index contributed by atoms with van der Waals surface area (Å²) in [5, 5.41) is 11.5. The van der Waals surface area contributed by atoms with Gasteiger partial charge in [-0.25, -0.2) is 0 Å². The highest BCUT2D eigenvalue weighted by molar-refractivity contribution is 5.76. The summed E-state index contributed by atoms with van der Waals surface area (Å²) < 4.78 is 0. The number of hydrogen-bond donors (Lipinski definition) is 2. The molecule has 0 aliphatic rings. The number of nitrogens with zero attached hydrogens (tertiary/aromatic N) is 1. The SMILES string of the molecule is O=C(CCc1ccncc1)NCCCCCCO. The fraction of sp³-hybridized carbons (Fsp3) is 0.571. The predicted molar refractivity (Wildman–Crippen MR) is 71.1 cm³/mol. The number of carbonyl (C=O) groups is 1. The first-order chi connectivity index (χ1) is 8.83. The number of unbranched alkanes of at least 4 members (excludes halogenated alkanes) is 3. The van der Waals surface area contributed by atoms with Crippen molar-refractivity contribution in [3.63, 3.8) is 0 Å². The Morgan fingerprint density at radius 2 is 1.89 bits per heavy atom. The molecule has 1 aromatic rings. The van der Waals surface area contributed by atoms with Gasteiger partial charge in [0.05, 0.1) is 0 Å². The Hall–Kier alpha value is -1.42. The zero-order chi connectivity index (χ0) is 13.1. The molecule has 0 saturated heterocycles. The smallest absolute Gasteiger partial charge is 0.220 e. The molecule has 0 bridgehead atoms. The minimum Gasteiger partial charge on any atom is -0.396 e. The highest BCUT2D eigenvalue weighted by Crippen LogP contribution is 2.01. The summed E-state index contributed by atoms with van der Waals surface area (Å²) >= 11 is 0. The molecule has 0 radical (unpaired) electrons. The lowest BCUT2D eigenvalue weighted by Crippen LogP contribution is -2.24. The van der Waals surface area contributed by atoms with Crippen molar-refractivity contribution in [2.75, 3.05) is 13.2 Å². The lowest BCUT2D eigenvalue weighted by atomic mass is 10.1. The van der Waals surface area contributed by atoms with Crippen LogP contribution < -0.4 is 5.32 Å². The molecule has 0 aliphatic carbocycles. The van der Waals surface area contributed by atoms with E-state index in [0.29, 0.717) is 6.42 Å². The van der Waals surface area contributed by atoms with Crippen molar-refractivity contribution in [2.24, 2.45) is 0 Å². The third-order valence-electron chi connectivity index (χ3n) is 2.80. The normalized spacial score (nSPS) is 10.3. The van der Waals surface area contributed by atoms with E-state index in [9.17, 15) is 4.79 Å². The second-order valence-corrected chi connectivity index (χ2v) is 4.34. The van der Waals surface area contributed by atoms with Gasteiger partial charge in [0.25, 0.3) is 0 Å². The van der Waals surface area contributed by atoms with Crippen molar-refractivity contribution in [3.8, 4) is 0 Å². The minimum absolute atomic E-state index is 0.106. The number of hydrogen-bond acceptors (Lipinski definition) is 3. The third kappa shape index (κ3) is 7.01. The molecular weight excluding hydrogens is 228 g/mol. The highest BCUT2D eigenvalue weighted by Gasteiger charge is 2.01. The van der Waals surface area contributed by atoms with Gasteiger partial charge in [-0.3, -0.25) is 9.78 Å². The maximum Gasteiger partial charge on any atom is 0.220 e. The maximum absolute atomic E-state index is 11.5. The number of amides is 1. The highest BCUT2D eigenvalue weighted by atomic mass is 16.2. The van der Waals surface area contributed by atoms with E-state index in [4.69, 9.17) is 5.11 Å². The van der Waals surface area contributed by atoms with Gasteiger partial charge in [0.2, 0.25) is 5.91 Å². The van der Waals surface area contributed by atoms with E-state index < -0.39 is 0 Å². The Balaban J connectivity index is 2.01. The van der Waals surface area contributed by atoms with Gasteiger partial charge < -0.3 is 10.4 Å². The van der Waals surface area contributed by atoms with E-state index >= 15 is 0 Å². The van der Waals surface area contributed by atoms with Crippen LogP contribution in [0.15, 0.2) is 24.5 Å². The second kappa shape index (κ2) is 9.59. The molecule has 4 nitrogen and oxygen atoms in total. The van der Waals surface area contributed by atoms with Crippen molar-refractivity contribution >= 4 is 5.91 Å². The molecule has 0 atom stereocenters. The Morgan fingerprint density at radius 3 is 2.61 bits per heavy atom. The molecule has 1 rings (SSSR count). The largest absolute Gasteiger partial charge is 0.396 e. The van der Waals surface area contributed by atoms with E-state index in [1.54, 1.807) is 12.4 Å². The lowest BCUT2D eigenvalue weighted by Gasteiger charge is -2.05. The number of pyridine rings is 1. The van der Waals surface area contributed by atoms with E-state index in [1.807, 2.05) is 12.1 Å². The molecule has 18 heavy (non-hydrogen) atoms. The van der Waals surface area contributed by atoms with Crippen LogP contribution in [-0.2, 0) is 11.2 Å². The standard InChI is InChI=1S/C14H22N2O2/c17-12-4-2-1-3-9-16-14(18)6-5-13-7-10-15-11-8-13/h7-8,10-11,17H,1-6,9,12H2,(H,16,18). The molecule has 0 aromatic carbocycles. The summed E-state index contributed by atoms with van der Waals surface area (Å²) in [4.78, 5) is 15.5. The van der Waals surface area contributed by atoms with Gasteiger partial charge in [-0.2, -0.15) is 0 Å². The first-order valence-electron chi connectivity index (χ1n) is 6.59. The van der Waals surface area contributed by atoms with Crippen LogP contribution in [0.2, 0.25) is 0 Å². The molecule has 2 N–H and O–H groups in total. The third-order valence-corrected chi connectivity index (χ3v) is 2.80. The van der Waals surface area contributed by atoms with Gasteiger partial charge in [0.15, 0.2) is 0 Å². The Kier molecular flexibility index (Phi) is 7.80. The molecule has 4 heteroatoms. The van der Waals surface area contributed by atoms with Gasteiger partial charge in [0, 0.05) is 32.0 Å². The maximum atomic E-state index is 11.5. The van der Waals surface area contributed by atoms with Crippen molar-refractivity contribution < 1.29 is 9.90 Å². The fourth-order valence-corrected chi connectivity index (χ4v) is 1.71. The number of carbonyl (C=O) groups excluding carboxylic acids is 1. The zero-order valence-electron chi connectivity index (χ0n) is 10.8. The number of aryl methyl sites for hydroxylation is 1. The molecule has 0 aliphatic heterocycles. The molecule has 1 amide bonds. The fourth-order valence-electron chi connectivity index (χ4n) is 1.71. The molecule has 100 valence electrons. The Labute approximate surface area is 108 Å². The average Bonchev–Trinajstić information content (AvgIpc) is 2.41. The van der Waals surface area contributed by atoms with Crippen LogP contribution in [0.5, 0.6) is 0 Å². The molecule has 1 heterocycles. The van der Waals surface area contributed by atoms with E-state index in [0.717, 1.165) is 44.2 Å². The number of aliphatic hydroxyl groups is 1. The molecule has 0 unspecified atom stereocenters. The number of aliphatic hydroxyl groups excluding tert-OH is 1. The summed E-state index contributed by atoms with van der Waals surface area (Å²) in [6, 6.07) is 3.87. The van der Waals surface area contributed by atoms with Crippen LogP contribution in [0.4, 0.5) is 0 Å². The summed E-state index contributed by atoms with van der Waals surface area (Å²) in [5.41, 5.74) is 1.14. The van der Waals surface area contributed by atoms with Crippen LogP contribution >= 0.6 is 0 Å². The summed E-state index contributed by atoms with van der Waals surface area (Å²) in [5.74, 6) is 0.106. The molecule has 0 saturated carbocycles. The second-order valence-electron chi connectivity index (χ2n) is 4.34. The van der Waals surface area contributed by atoms with Crippen molar-refractivity contribution in [3.05, 3.63) is 30.1 Å². The van der Waals surface area contributed by atoms with Crippen LogP contribution in [-0.4, -0.2) is 29.1 Å². The number of aromatic nitrogens is 1. The molecule has 0 fully saturated rings. The van der Waals surface area contributed by atoms with Crippen LogP contribution in [0.25, 0.3) is 0 Å². The van der Waals surface area contributed by atoms with Crippen molar-refractivity contribution in [1.82, 2.24) is 10.3 Å². The summed E-state index contributed by atoms with van der Waals surface area (Å²) in [6.45, 7) is 0.999. The monoisotopic (exact) mass is 250 g/mol. The topological polar surface area (TPSA) is 62.2 Å². The van der Waals surface area contributed by atoms with Crippen LogP contribution in [0.3, 0.4) is 0 Å². The van der Waals surface area contributed by atoms with E-state index in [2.05, 4.69) is 10.3 Å². The quantitative estimate of drug-likeness (QED) is 0.655. The van der Waals surface area contributed by atoms with Crippen molar-refractivity contribution in [1.29, 1.82) is 0 Å². The number of nitrogens with one attached hydrogen (secondary N) is 1. The van der Waals surface area contributed by atoms with E-state index in [-0.39, 0.29) is 12.5 Å². The molecule has 1 aromatic heterocycles. The first-order valence-corrected chi connectivity index (χ1v) is 6.59. The van der Waals surface area contributed by atoms with Gasteiger partial charge >= 0.3 is 0 Å². The van der Waals surface area contributed by atoms with Gasteiger partial charge in [-0.05, 0) is 37.0 Å². The predicted octanol–water partition coefficient (Wildman–Crippen LogP) is 1.68. The van der Waals surface area contributed by atoms with E-state index in [1.165, 1.54) is 0 Å². The molecule has 0 spiro atoms. The van der Waals surface area contributed by atoms with Crippen molar-refractivity contribution in [2.45, 2.75) is 38.5 Å². The minimum atomic E-state index is 0.106. The first kappa shape index (κ1) is 14.6. The lowest BCUT2D eigenvalue weighted by molar-refractivity contribution is -0.121. The summed E-state index contributed by atoms with van der Waals surface area (Å²) in [7, 11) is 0. The molecular formula is C14H22N2O2. The Morgan fingerprint density at radius 1 is 1.17 bits per heavy atom. The number of rotatable bonds is 9. The summed E-state index contributed by atoms with van der Waals surface area (Å²) in [6.07, 6.45) is 8.72. The van der Waals surface area contributed by atoms with Gasteiger partial charge in [-0.15, -0.1) is 0 Å².